The van der Waals surface area contributed by atoms with Gasteiger partial charge in [0.05, 0.1) is 13.0 Å². The van der Waals surface area contributed by atoms with E-state index in [0.717, 1.165) is 37.1 Å². The second kappa shape index (κ2) is 12.5. The first-order valence-corrected chi connectivity index (χ1v) is 10.3. The molecular formula is C24H29NO5. The van der Waals surface area contributed by atoms with Crippen LogP contribution in [-0.2, 0) is 20.9 Å². The zero-order valence-electron chi connectivity index (χ0n) is 17.4. The van der Waals surface area contributed by atoms with Crippen LogP contribution in [0.5, 0.6) is 0 Å². The molecule has 6 heteroatoms. The Morgan fingerprint density at radius 1 is 0.867 bits per heavy atom. The maximum atomic E-state index is 12.0. The van der Waals surface area contributed by atoms with Gasteiger partial charge in [0.25, 0.3) is 0 Å². The number of nitrogens with one attached hydrogen (secondary N) is 1. The molecule has 30 heavy (non-hydrogen) atoms. The summed E-state index contributed by atoms with van der Waals surface area (Å²) in [6.07, 6.45) is 2.07. The minimum absolute atomic E-state index is 0.0131. The van der Waals surface area contributed by atoms with Crippen molar-refractivity contribution in [1.82, 2.24) is 5.32 Å². The Bertz CT molecular complexity index is 828. The second-order valence-corrected chi connectivity index (χ2v) is 7.03. The van der Waals surface area contributed by atoms with Crippen molar-refractivity contribution < 1.29 is 24.2 Å². The molecule has 0 amide bonds. The zero-order valence-corrected chi connectivity index (χ0v) is 17.4. The van der Waals surface area contributed by atoms with Crippen molar-refractivity contribution in [2.24, 2.45) is 0 Å². The van der Waals surface area contributed by atoms with Crippen LogP contribution in [0.15, 0.2) is 48.5 Å². The van der Waals surface area contributed by atoms with E-state index in [-0.39, 0.29) is 24.6 Å². The molecule has 0 atom stereocenters. The van der Waals surface area contributed by atoms with E-state index in [9.17, 15) is 14.4 Å². The number of rotatable bonds is 13. The van der Waals surface area contributed by atoms with Crippen molar-refractivity contribution in [2.75, 3.05) is 13.2 Å². The molecule has 0 unspecified atom stereocenters. The number of carbonyl (C=O) groups is 3. The molecule has 0 spiro atoms. The molecule has 2 aromatic rings. The predicted octanol–water partition coefficient (Wildman–Crippen LogP) is 4.22. The molecule has 0 fully saturated rings. The molecule has 2 aromatic carbocycles. The molecule has 0 bridgehead atoms. The fourth-order valence-corrected chi connectivity index (χ4v) is 3.01. The number of hydrogen-bond acceptors (Lipinski definition) is 5. The van der Waals surface area contributed by atoms with Gasteiger partial charge in [0, 0.05) is 24.9 Å². The topological polar surface area (TPSA) is 92.7 Å². The number of carboxylic acids is 1. The summed E-state index contributed by atoms with van der Waals surface area (Å²) in [5, 5.41) is 12.1. The van der Waals surface area contributed by atoms with Crippen LogP contribution >= 0.6 is 0 Å². The normalized spacial score (nSPS) is 10.6. The zero-order chi connectivity index (χ0) is 21.8. The number of unbranched alkanes of at least 4 members (excludes halogenated alkanes) is 1. The molecular weight excluding hydrogens is 382 g/mol. The summed E-state index contributed by atoms with van der Waals surface area (Å²) >= 11 is 0. The summed E-state index contributed by atoms with van der Waals surface area (Å²) in [7, 11) is 0. The molecule has 0 aliphatic rings. The number of carboxylic acid groups (broad SMARTS) is 1. The third kappa shape index (κ3) is 8.17. The van der Waals surface area contributed by atoms with Gasteiger partial charge in [0.1, 0.15) is 0 Å². The van der Waals surface area contributed by atoms with Crippen molar-refractivity contribution >= 4 is 17.7 Å². The molecule has 2 rings (SSSR count). The molecule has 2 N–H and O–H groups in total. The number of esters is 1. The summed E-state index contributed by atoms with van der Waals surface area (Å²) < 4.78 is 4.91. The van der Waals surface area contributed by atoms with Gasteiger partial charge in [-0.2, -0.15) is 0 Å². The Morgan fingerprint density at radius 2 is 1.50 bits per heavy atom. The largest absolute Gasteiger partial charge is 0.481 e. The number of Topliss-reactive ketones (excluding diaryl/α,β-unsaturated/α-hetero) is 1. The SMILES string of the molecule is CCOC(=O)CCCCNCc1ccc(-c2ccc(C(=O)CCC(=O)O)cc2)cc1. The fraction of sp³-hybridized carbons (Fsp3) is 0.375. The second-order valence-electron chi connectivity index (χ2n) is 7.03. The Morgan fingerprint density at radius 3 is 2.10 bits per heavy atom. The van der Waals surface area contributed by atoms with Crippen molar-refractivity contribution in [1.29, 1.82) is 0 Å². The van der Waals surface area contributed by atoms with Crippen LogP contribution in [0.3, 0.4) is 0 Å². The third-order valence-electron chi connectivity index (χ3n) is 4.68. The van der Waals surface area contributed by atoms with Crippen molar-refractivity contribution in [3.63, 3.8) is 0 Å². The fourth-order valence-electron chi connectivity index (χ4n) is 3.01. The van der Waals surface area contributed by atoms with Crippen LogP contribution in [0.2, 0.25) is 0 Å². The Balaban J connectivity index is 1.76. The molecule has 0 saturated carbocycles. The van der Waals surface area contributed by atoms with E-state index in [2.05, 4.69) is 17.4 Å². The number of aliphatic carboxylic acids is 1. The first-order chi connectivity index (χ1) is 14.5. The van der Waals surface area contributed by atoms with Gasteiger partial charge < -0.3 is 15.2 Å². The third-order valence-corrected chi connectivity index (χ3v) is 4.68. The number of ether oxygens (including phenoxy) is 1. The lowest BCUT2D eigenvalue weighted by atomic mass is 10.00. The molecule has 0 aliphatic heterocycles. The number of carbonyl (C=O) groups excluding carboxylic acids is 2. The van der Waals surface area contributed by atoms with E-state index in [1.165, 1.54) is 5.56 Å². The Hall–Kier alpha value is -2.99. The molecule has 0 radical (unpaired) electrons. The number of benzene rings is 2. The maximum Gasteiger partial charge on any atom is 0.305 e. The van der Waals surface area contributed by atoms with Crippen molar-refractivity contribution in [3.05, 3.63) is 59.7 Å². The van der Waals surface area contributed by atoms with Crippen LogP contribution in [0.1, 0.15) is 54.9 Å². The summed E-state index contributed by atoms with van der Waals surface area (Å²) in [5.41, 5.74) is 3.76. The van der Waals surface area contributed by atoms with E-state index < -0.39 is 5.97 Å². The first kappa shape index (κ1) is 23.3. The highest BCUT2D eigenvalue weighted by molar-refractivity contribution is 5.97. The van der Waals surface area contributed by atoms with Gasteiger partial charge in [0.2, 0.25) is 0 Å². The van der Waals surface area contributed by atoms with Crippen LogP contribution in [0.25, 0.3) is 11.1 Å². The van der Waals surface area contributed by atoms with E-state index in [1.807, 2.05) is 31.2 Å². The monoisotopic (exact) mass is 411 g/mol. The highest BCUT2D eigenvalue weighted by Gasteiger charge is 2.09. The summed E-state index contributed by atoms with van der Waals surface area (Å²) in [4.78, 5) is 33.8. The molecule has 0 aromatic heterocycles. The number of ketones is 1. The lowest BCUT2D eigenvalue weighted by Gasteiger charge is -2.07. The Kier molecular flexibility index (Phi) is 9.74. The molecule has 6 nitrogen and oxygen atoms in total. The quantitative estimate of drug-likeness (QED) is 0.291. The first-order valence-electron chi connectivity index (χ1n) is 10.3. The van der Waals surface area contributed by atoms with E-state index in [1.54, 1.807) is 12.1 Å². The maximum absolute atomic E-state index is 12.0. The average molecular weight is 411 g/mol. The molecule has 0 aliphatic carbocycles. The average Bonchev–Trinajstić information content (AvgIpc) is 2.75. The highest BCUT2D eigenvalue weighted by atomic mass is 16.5. The van der Waals surface area contributed by atoms with E-state index in [4.69, 9.17) is 9.84 Å². The highest BCUT2D eigenvalue weighted by Crippen LogP contribution is 2.21. The molecule has 0 saturated heterocycles. The minimum Gasteiger partial charge on any atom is -0.481 e. The Labute approximate surface area is 177 Å². The molecule has 160 valence electrons. The molecule has 0 heterocycles. The van der Waals surface area contributed by atoms with Gasteiger partial charge >= 0.3 is 11.9 Å². The van der Waals surface area contributed by atoms with Crippen molar-refractivity contribution in [3.8, 4) is 11.1 Å². The smallest absolute Gasteiger partial charge is 0.305 e. The van der Waals surface area contributed by atoms with Gasteiger partial charge in [-0.3, -0.25) is 14.4 Å². The standard InChI is InChI=1S/C24H29NO5/c1-2-30-24(29)5-3-4-16-25-17-18-6-8-19(9-7-18)20-10-12-21(13-11-20)22(26)14-15-23(27)28/h6-13,25H,2-5,14-17H2,1H3,(H,27,28). The van der Waals surface area contributed by atoms with E-state index >= 15 is 0 Å². The van der Waals surface area contributed by atoms with Crippen LogP contribution < -0.4 is 5.32 Å². The summed E-state index contributed by atoms with van der Waals surface area (Å²) in [6, 6.07) is 15.4. The van der Waals surface area contributed by atoms with Crippen LogP contribution in [0, 0.1) is 0 Å². The van der Waals surface area contributed by atoms with Crippen LogP contribution in [-0.4, -0.2) is 36.0 Å². The summed E-state index contributed by atoms with van der Waals surface area (Å²) in [5.74, 6) is -1.26. The van der Waals surface area contributed by atoms with Gasteiger partial charge in [-0.25, -0.2) is 0 Å². The van der Waals surface area contributed by atoms with Gasteiger partial charge in [-0.1, -0.05) is 48.5 Å². The minimum atomic E-state index is -0.966. The van der Waals surface area contributed by atoms with Gasteiger partial charge in [-0.05, 0) is 43.0 Å². The predicted molar refractivity (Wildman–Crippen MR) is 115 cm³/mol. The summed E-state index contributed by atoms with van der Waals surface area (Å²) in [6.45, 7) is 3.85. The lowest BCUT2D eigenvalue weighted by molar-refractivity contribution is -0.143. The van der Waals surface area contributed by atoms with Crippen LogP contribution in [0.4, 0.5) is 0 Å². The van der Waals surface area contributed by atoms with Crippen molar-refractivity contribution in [2.45, 2.75) is 45.6 Å². The lowest BCUT2D eigenvalue weighted by Crippen LogP contribution is -2.15. The van der Waals surface area contributed by atoms with E-state index in [0.29, 0.717) is 18.6 Å². The van der Waals surface area contributed by atoms with Gasteiger partial charge in [0.15, 0.2) is 5.78 Å². The number of hydrogen-bond donors (Lipinski definition) is 2. The van der Waals surface area contributed by atoms with Gasteiger partial charge in [-0.15, -0.1) is 0 Å².